The molecular formula is C30H54N2O4. The number of carbonyl (C=O) groups excluding carboxylic acids is 2. The van der Waals surface area contributed by atoms with Crippen molar-refractivity contribution in [3.63, 3.8) is 0 Å². The maximum absolute atomic E-state index is 12.4. The van der Waals surface area contributed by atoms with Crippen molar-refractivity contribution >= 4 is 11.9 Å². The van der Waals surface area contributed by atoms with Gasteiger partial charge in [-0.3, -0.25) is 21.1 Å². The summed E-state index contributed by atoms with van der Waals surface area (Å²) in [6, 6.07) is -0.297. The first-order valence-electron chi connectivity index (χ1n) is 14.3. The van der Waals surface area contributed by atoms with Crippen LogP contribution >= 0.6 is 0 Å². The molecule has 6 heteroatoms. The minimum atomic E-state index is -0.148. The quantitative estimate of drug-likeness (QED) is 0.224. The summed E-state index contributed by atoms with van der Waals surface area (Å²) < 4.78 is 11.6. The van der Waals surface area contributed by atoms with Crippen molar-refractivity contribution in [2.75, 3.05) is 0 Å². The summed E-state index contributed by atoms with van der Waals surface area (Å²) in [5.74, 6) is -0.216. The van der Waals surface area contributed by atoms with Crippen molar-refractivity contribution in [1.29, 1.82) is 0 Å². The van der Waals surface area contributed by atoms with Crippen LogP contribution in [0.2, 0.25) is 0 Å². The summed E-state index contributed by atoms with van der Waals surface area (Å²) >= 11 is 0. The summed E-state index contributed by atoms with van der Waals surface area (Å²) in [6.07, 6.45) is 9.60. The topological polar surface area (TPSA) is 100 Å². The van der Waals surface area contributed by atoms with Crippen LogP contribution in [-0.4, -0.2) is 36.2 Å². The fourth-order valence-corrected chi connectivity index (χ4v) is 6.98. The molecule has 2 saturated carbocycles. The number of rotatable bonds is 11. The zero-order valence-electron chi connectivity index (χ0n) is 24.4. The lowest BCUT2D eigenvalue weighted by atomic mass is 9.60. The SMILES string of the molecule is CC1(C)CC(OC(=O)CCCCCCCCC(=O)OC2CC(C)(C)C([NH])C(C)(C)C2)CC(C)(C)C1[NH]. The normalized spacial score (nSPS) is 30.4. The average molecular weight is 507 g/mol. The molecule has 0 unspecified atom stereocenters. The highest BCUT2D eigenvalue weighted by molar-refractivity contribution is 5.69. The predicted molar refractivity (Wildman–Crippen MR) is 144 cm³/mol. The lowest BCUT2D eigenvalue weighted by Gasteiger charge is -2.49. The van der Waals surface area contributed by atoms with E-state index in [2.05, 4.69) is 55.4 Å². The van der Waals surface area contributed by atoms with Crippen LogP contribution in [0, 0.1) is 21.7 Å². The number of hydrogen-bond acceptors (Lipinski definition) is 4. The molecule has 0 spiro atoms. The Morgan fingerprint density at radius 1 is 0.556 bits per heavy atom. The molecule has 0 heterocycles. The molecule has 2 aliphatic carbocycles. The summed E-state index contributed by atoms with van der Waals surface area (Å²) in [6.45, 7) is 16.9. The van der Waals surface area contributed by atoms with Crippen LogP contribution in [0.5, 0.6) is 0 Å². The molecule has 0 aromatic carbocycles. The van der Waals surface area contributed by atoms with Gasteiger partial charge in [0.25, 0.3) is 0 Å². The van der Waals surface area contributed by atoms with E-state index in [9.17, 15) is 9.59 Å². The third-order valence-electron chi connectivity index (χ3n) is 8.75. The standard InChI is InChI=1S/C30H54N2O4/c1-27(2)17-21(18-28(3,4)25(27)31)35-23(33)15-13-11-9-10-12-14-16-24(34)36-22-19-29(5,6)26(32)30(7,8)20-22/h21-22,25-26,31-32H,9-20H2,1-8H3. The van der Waals surface area contributed by atoms with E-state index < -0.39 is 0 Å². The Hall–Kier alpha value is -1.14. The molecule has 6 nitrogen and oxygen atoms in total. The molecule has 0 aliphatic heterocycles. The largest absolute Gasteiger partial charge is 0.462 e. The zero-order valence-corrected chi connectivity index (χ0v) is 24.4. The van der Waals surface area contributed by atoms with E-state index in [1.54, 1.807) is 0 Å². The molecule has 36 heavy (non-hydrogen) atoms. The Balaban J connectivity index is 1.54. The Morgan fingerprint density at radius 2 is 0.806 bits per heavy atom. The van der Waals surface area contributed by atoms with Crippen LogP contribution in [0.25, 0.3) is 0 Å². The monoisotopic (exact) mass is 506 g/mol. The van der Waals surface area contributed by atoms with Gasteiger partial charge in [0.15, 0.2) is 0 Å². The van der Waals surface area contributed by atoms with Gasteiger partial charge in [-0.05, 0) is 60.2 Å². The molecule has 0 bridgehead atoms. The van der Waals surface area contributed by atoms with E-state index in [0.717, 1.165) is 64.2 Å². The number of unbranched alkanes of at least 4 members (excludes halogenated alkanes) is 5. The molecule has 208 valence electrons. The Bertz CT molecular complexity index is 645. The number of ether oxygens (including phenoxy) is 2. The Kier molecular flexibility index (Phi) is 10.5. The van der Waals surface area contributed by atoms with Crippen LogP contribution in [0.1, 0.15) is 132 Å². The van der Waals surface area contributed by atoms with Gasteiger partial charge in [-0.1, -0.05) is 81.1 Å². The molecule has 2 aliphatic rings. The van der Waals surface area contributed by atoms with Gasteiger partial charge < -0.3 is 9.47 Å². The predicted octanol–water partition coefficient (Wildman–Crippen LogP) is 6.93. The van der Waals surface area contributed by atoms with Crippen molar-refractivity contribution in [3.05, 3.63) is 0 Å². The highest BCUT2D eigenvalue weighted by Crippen LogP contribution is 2.47. The van der Waals surface area contributed by atoms with Crippen LogP contribution in [0.3, 0.4) is 0 Å². The first-order valence-corrected chi connectivity index (χ1v) is 14.3. The van der Waals surface area contributed by atoms with Gasteiger partial charge >= 0.3 is 11.9 Å². The lowest BCUT2D eigenvalue weighted by molar-refractivity contribution is -0.157. The van der Waals surface area contributed by atoms with Crippen LogP contribution in [0.4, 0.5) is 0 Å². The van der Waals surface area contributed by atoms with Gasteiger partial charge in [-0.25, -0.2) is 0 Å². The molecular weight excluding hydrogens is 452 g/mol. The van der Waals surface area contributed by atoms with Crippen LogP contribution in [0.15, 0.2) is 0 Å². The molecule has 2 fully saturated rings. The third-order valence-corrected chi connectivity index (χ3v) is 8.75. The first-order chi connectivity index (χ1) is 16.5. The van der Waals surface area contributed by atoms with E-state index in [1.807, 2.05) is 0 Å². The van der Waals surface area contributed by atoms with Crippen molar-refractivity contribution in [2.24, 2.45) is 21.7 Å². The van der Waals surface area contributed by atoms with Crippen LogP contribution < -0.4 is 11.5 Å². The van der Waals surface area contributed by atoms with Gasteiger partial charge in [0, 0.05) is 24.9 Å². The first kappa shape index (κ1) is 31.1. The van der Waals surface area contributed by atoms with E-state index >= 15 is 0 Å². The van der Waals surface area contributed by atoms with Gasteiger partial charge in [0.1, 0.15) is 12.2 Å². The fraction of sp³-hybridized carbons (Fsp3) is 0.933. The summed E-state index contributed by atoms with van der Waals surface area (Å²) in [7, 11) is 0. The van der Waals surface area contributed by atoms with E-state index in [-0.39, 0.29) is 57.9 Å². The molecule has 2 radical (unpaired) electrons. The van der Waals surface area contributed by atoms with E-state index in [4.69, 9.17) is 20.9 Å². The minimum absolute atomic E-state index is 0.0805. The maximum atomic E-state index is 12.4. The summed E-state index contributed by atoms with van der Waals surface area (Å²) in [4.78, 5) is 24.7. The summed E-state index contributed by atoms with van der Waals surface area (Å²) in [5.41, 5.74) is 16.4. The number of nitrogens with one attached hydrogen (secondary N) is 2. The molecule has 0 atom stereocenters. The maximum Gasteiger partial charge on any atom is 0.306 e. The van der Waals surface area contributed by atoms with Gasteiger partial charge in [0.05, 0.1) is 0 Å². The highest BCUT2D eigenvalue weighted by Gasteiger charge is 2.48. The number of esters is 2. The summed E-state index contributed by atoms with van der Waals surface area (Å²) in [5, 5.41) is 0. The molecule has 0 aromatic rings. The second kappa shape index (κ2) is 12.1. The lowest BCUT2D eigenvalue weighted by Crippen LogP contribution is -2.51. The van der Waals surface area contributed by atoms with Crippen molar-refractivity contribution in [3.8, 4) is 0 Å². The Morgan fingerprint density at radius 3 is 1.08 bits per heavy atom. The second-order valence-corrected chi connectivity index (χ2v) is 14.5. The van der Waals surface area contributed by atoms with E-state index in [1.165, 1.54) is 0 Å². The smallest absolute Gasteiger partial charge is 0.306 e. The van der Waals surface area contributed by atoms with Crippen molar-refractivity contribution in [2.45, 2.75) is 157 Å². The average Bonchev–Trinajstić information content (AvgIpc) is 2.71. The molecule has 2 rings (SSSR count). The van der Waals surface area contributed by atoms with Crippen molar-refractivity contribution in [1.82, 2.24) is 11.5 Å². The zero-order chi connectivity index (χ0) is 27.4. The molecule has 0 amide bonds. The minimum Gasteiger partial charge on any atom is -0.462 e. The molecule has 2 N–H and O–H groups in total. The number of carbonyl (C=O) groups is 2. The van der Waals surface area contributed by atoms with Gasteiger partial charge in [-0.15, -0.1) is 0 Å². The third kappa shape index (κ3) is 8.72. The number of hydrogen-bond donors (Lipinski definition) is 0. The fourth-order valence-electron chi connectivity index (χ4n) is 6.98. The van der Waals surface area contributed by atoms with Crippen molar-refractivity contribution < 1.29 is 19.1 Å². The van der Waals surface area contributed by atoms with Crippen LogP contribution in [-0.2, 0) is 19.1 Å². The molecule has 0 saturated heterocycles. The second-order valence-electron chi connectivity index (χ2n) is 14.5. The van der Waals surface area contributed by atoms with Gasteiger partial charge in [-0.2, -0.15) is 0 Å². The van der Waals surface area contributed by atoms with Gasteiger partial charge in [0.2, 0.25) is 0 Å². The van der Waals surface area contributed by atoms with E-state index in [0.29, 0.717) is 12.8 Å². The Labute approximate surface area is 221 Å². The molecule has 0 aromatic heterocycles. The highest BCUT2D eigenvalue weighted by atomic mass is 16.5.